The second kappa shape index (κ2) is 7.31. The Balaban J connectivity index is 1.41. The highest BCUT2D eigenvalue weighted by molar-refractivity contribution is 5.97. The Labute approximate surface area is 157 Å². The second-order valence-corrected chi connectivity index (χ2v) is 7.69. The van der Waals surface area contributed by atoms with Crippen molar-refractivity contribution in [2.75, 3.05) is 31.6 Å². The molecule has 2 aliphatic carbocycles. The Morgan fingerprint density at radius 3 is 2.26 bits per heavy atom. The summed E-state index contributed by atoms with van der Waals surface area (Å²) in [5.41, 5.74) is 1.16. The summed E-state index contributed by atoms with van der Waals surface area (Å²) >= 11 is 0. The molecule has 2 bridgehead atoms. The molecule has 0 spiro atoms. The first kappa shape index (κ1) is 18.0. The van der Waals surface area contributed by atoms with Gasteiger partial charge >= 0.3 is 5.97 Å². The number of carbonyl (C=O) groups is 3. The lowest BCUT2D eigenvalue weighted by Gasteiger charge is -2.27. The molecule has 3 aliphatic rings. The van der Waals surface area contributed by atoms with Gasteiger partial charge in [-0.3, -0.25) is 14.4 Å². The standard InChI is InChI=1S/C20H24N2O5/c23-18(16-13-1-2-14(11-13)17(16)20(25)26)21-15-5-3-12(4-6-15)19(24)22-7-9-27-10-8-22/h3-6,13-14,16-17H,1-2,7-11H2,(H,21,23)(H,25,26)/t13-,14-,16-,17+/m0/s1. The lowest BCUT2D eigenvalue weighted by atomic mass is 9.78. The van der Waals surface area contributed by atoms with Gasteiger partial charge in [-0.05, 0) is 55.4 Å². The van der Waals surface area contributed by atoms with E-state index in [0.717, 1.165) is 19.3 Å². The van der Waals surface area contributed by atoms with Gasteiger partial charge in [-0.1, -0.05) is 0 Å². The molecule has 1 aromatic rings. The number of carboxylic acids is 1. The van der Waals surface area contributed by atoms with Gasteiger partial charge in [0.25, 0.3) is 5.91 Å². The number of hydrogen-bond donors (Lipinski definition) is 2. The fourth-order valence-corrected chi connectivity index (χ4v) is 4.89. The maximum atomic E-state index is 12.7. The monoisotopic (exact) mass is 372 g/mol. The van der Waals surface area contributed by atoms with Crippen molar-refractivity contribution in [2.45, 2.75) is 19.3 Å². The number of carbonyl (C=O) groups excluding carboxylic acids is 2. The van der Waals surface area contributed by atoms with E-state index in [4.69, 9.17) is 4.74 Å². The second-order valence-electron chi connectivity index (χ2n) is 7.69. The van der Waals surface area contributed by atoms with Crippen LogP contribution in [0.2, 0.25) is 0 Å². The quantitative estimate of drug-likeness (QED) is 0.841. The molecule has 2 amide bonds. The fraction of sp³-hybridized carbons (Fsp3) is 0.550. The Kier molecular flexibility index (Phi) is 4.86. The van der Waals surface area contributed by atoms with Gasteiger partial charge in [-0.15, -0.1) is 0 Å². The van der Waals surface area contributed by atoms with Crippen LogP contribution in [0.25, 0.3) is 0 Å². The third-order valence-corrected chi connectivity index (χ3v) is 6.20. The number of aliphatic carboxylic acids is 1. The first-order valence-electron chi connectivity index (χ1n) is 9.55. The number of nitrogens with one attached hydrogen (secondary N) is 1. The minimum Gasteiger partial charge on any atom is -0.481 e. The lowest BCUT2D eigenvalue weighted by molar-refractivity contribution is -0.148. The van der Waals surface area contributed by atoms with Crippen LogP contribution in [0.5, 0.6) is 0 Å². The maximum Gasteiger partial charge on any atom is 0.307 e. The zero-order valence-electron chi connectivity index (χ0n) is 15.1. The van der Waals surface area contributed by atoms with Gasteiger partial charge in [0.05, 0.1) is 25.0 Å². The van der Waals surface area contributed by atoms with Crippen molar-refractivity contribution in [3.8, 4) is 0 Å². The third kappa shape index (κ3) is 3.43. The van der Waals surface area contributed by atoms with E-state index >= 15 is 0 Å². The zero-order chi connectivity index (χ0) is 19.0. The third-order valence-electron chi connectivity index (χ3n) is 6.20. The maximum absolute atomic E-state index is 12.7. The Hall–Kier alpha value is -2.41. The lowest BCUT2D eigenvalue weighted by Crippen LogP contribution is -2.40. The average molecular weight is 372 g/mol. The van der Waals surface area contributed by atoms with Crippen molar-refractivity contribution in [1.29, 1.82) is 0 Å². The molecule has 3 fully saturated rings. The van der Waals surface area contributed by atoms with E-state index in [1.807, 2.05) is 0 Å². The van der Waals surface area contributed by atoms with Crippen molar-refractivity contribution in [2.24, 2.45) is 23.7 Å². The molecule has 2 N–H and O–H groups in total. The zero-order valence-corrected chi connectivity index (χ0v) is 15.1. The number of carboxylic acid groups (broad SMARTS) is 1. The normalized spacial score (nSPS) is 29.6. The highest BCUT2D eigenvalue weighted by Crippen LogP contribution is 2.52. The van der Waals surface area contributed by atoms with Gasteiger partial charge in [0.2, 0.25) is 5.91 Å². The van der Waals surface area contributed by atoms with Crippen molar-refractivity contribution in [3.63, 3.8) is 0 Å². The van der Waals surface area contributed by atoms with Crippen LogP contribution in [0, 0.1) is 23.7 Å². The Morgan fingerprint density at radius 1 is 1.00 bits per heavy atom. The molecule has 7 heteroatoms. The number of anilines is 1. The largest absolute Gasteiger partial charge is 0.481 e. The van der Waals surface area contributed by atoms with E-state index in [2.05, 4.69) is 5.32 Å². The first-order chi connectivity index (χ1) is 13.0. The van der Waals surface area contributed by atoms with Crippen molar-refractivity contribution in [3.05, 3.63) is 29.8 Å². The Morgan fingerprint density at radius 2 is 1.63 bits per heavy atom. The number of benzene rings is 1. The van der Waals surface area contributed by atoms with Crippen LogP contribution in [-0.4, -0.2) is 54.1 Å². The molecule has 0 unspecified atom stereocenters. The number of ether oxygens (including phenoxy) is 1. The summed E-state index contributed by atoms with van der Waals surface area (Å²) in [7, 11) is 0. The van der Waals surface area contributed by atoms with Crippen molar-refractivity contribution in [1.82, 2.24) is 4.90 Å². The van der Waals surface area contributed by atoms with Crippen LogP contribution >= 0.6 is 0 Å². The molecule has 144 valence electrons. The molecule has 2 saturated carbocycles. The molecule has 1 heterocycles. The van der Waals surface area contributed by atoms with Crippen molar-refractivity contribution < 1.29 is 24.2 Å². The first-order valence-corrected chi connectivity index (χ1v) is 9.55. The number of amides is 2. The molecule has 1 saturated heterocycles. The van der Waals surface area contributed by atoms with Crippen molar-refractivity contribution >= 4 is 23.5 Å². The van der Waals surface area contributed by atoms with Gasteiger partial charge < -0.3 is 20.1 Å². The molecule has 4 atom stereocenters. The smallest absolute Gasteiger partial charge is 0.307 e. The van der Waals surface area contributed by atoms with E-state index in [1.54, 1.807) is 29.2 Å². The van der Waals surface area contributed by atoms with Crippen LogP contribution in [0.15, 0.2) is 24.3 Å². The molecule has 27 heavy (non-hydrogen) atoms. The number of rotatable bonds is 4. The van der Waals surface area contributed by atoms with Crippen LogP contribution in [0.3, 0.4) is 0 Å². The highest BCUT2D eigenvalue weighted by Gasteiger charge is 2.53. The topological polar surface area (TPSA) is 95.9 Å². The highest BCUT2D eigenvalue weighted by atomic mass is 16.5. The number of morpholine rings is 1. The summed E-state index contributed by atoms with van der Waals surface area (Å²) in [4.78, 5) is 38.5. The molecule has 4 rings (SSSR count). The summed E-state index contributed by atoms with van der Waals surface area (Å²) in [6.07, 6.45) is 2.67. The predicted molar refractivity (Wildman–Crippen MR) is 97.2 cm³/mol. The minimum atomic E-state index is -0.867. The number of hydrogen-bond acceptors (Lipinski definition) is 4. The van der Waals surface area contributed by atoms with E-state index in [1.165, 1.54) is 0 Å². The van der Waals surface area contributed by atoms with Gasteiger partial charge in [0, 0.05) is 24.3 Å². The Bertz CT molecular complexity index is 741. The molecular formula is C20H24N2O5. The summed E-state index contributed by atoms with van der Waals surface area (Å²) in [6, 6.07) is 6.80. The van der Waals surface area contributed by atoms with Crippen LogP contribution in [0.4, 0.5) is 5.69 Å². The van der Waals surface area contributed by atoms with Gasteiger partial charge in [0.15, 0.2) is 0 Å². The van der Waals surface area contributed by atoms with E-state index in [0.29, 0.717) is 37.6 Å². The molecule has 1 aliphatic heterocycles. The molecule has 1 aromatic carbocycles. The van der Waals surface area contributed by atoms with Gasteiger partial charge in [-0.2, -0.15) is 0 Å². The van der Waals surface area contributed by atoms with Gasteiger partial charge in [0.1, 0.15) is 0 Å². The van der Waals surface area contributed by atoms with Crippen LogP contribution < -0.4 is 5.32 Å². The fourth-order valence-electron chi connectivity index (χ4n) is 4.89. The SMILES string of the molecule is O=C(O)[C@@H]1[C@H]2CC[C@@H](C2)[C@@H]1C(=O)Nc1ccc(C(=O)N2CCOCC2)cc1. The summed E-state index contributed by atoms with van der Waals surface area (Å²) < 4.78 is 5.26. The number of fused-ring (bicyclic) bond motifs is 2. The van der Waals surface area contributed by atoms with E-state index in [9.17, 15) is 19.5 Å². The molecule has 7 nitrogen and oxygen atoms in total. The average Bonchev–Trinajstić information content (AvgIpc) is 3.30. The van der Waals surface area contributed by atoms with Crippen LogP contribution in [0.1, 0.15) is 29.6 Å². The molecule has 0 radical (unpaired) electrons. The summed E-state index contributed by atoms with van der Waals surface area (Å²) in [5, 5.41) is 12.4. The minimum absolute atomic E-state index is 0.0461. The molecule has 0 aromatic heterocycles. The summed E-state index contributed by atoms with van der Waals surface area (Å²) in [6.45, 7) is 2.26. The summed E-state index contributed by atoms with van der Waals surface area (Å²) in [5.74, 6) is -1.89. The van der Waals surface area contributed by atoms with E-state index in [-0.39, 0.29) is 23.7 Å². The number of nitrogens with zero attached hydrogens (tertiary/aromatic N) is 1. The van der Waals surface area contributed by atoms with E-state index < -0.39 is 17.8 Å². The predicted octanol–water partition coefficient (Wildman–Crippen LogP) is 1.84. The van der Waals surface area contributed by atoms with Crippen LogP contribution in [-0.2, 0) is 14.3 Å². The van der Waals surface area contributed by atoms with Gasteiger partial charge in [-0.25, -0.2) is 0 Å². The molecular weight excluding hydrogens is 348 g/mol.